The Kier molecular flexibility index (Phi) is 5.35. The zero-order valence-electron chi connectivity index (χ0n) is 9.14. The molecule has 7 heteroatoms. The first kappa shape index (κ1) is 14.4. The molecule has 1 aromatic rings. The second-order valence-electron chi connectivity index (χ2n) is 3.62. The molecule has 1 aromatic carbocycles. The van der Waals surface area contributed by atoms with Gasteiger partial charge >= 0.3 is 0 Å². The highest BCUT2D eigenvalue weighted by molar-refractivity contribution is 7.87. The van der Waals surface area contributed by atoms with E-state index in [0.29, 0.717) is 23.4 Å². The molecule has 1 atom stereocenters. The summed E-state index contributed by atoms with van der Waals surface area (Å²) in [5, 5.41) is 15.1. The number of hydrogen-bond donors (Lipinski definition) is 3. The summed E-state index contributed by atoms with van der Waals surface area (Å²) < 4.78 is 23.3. The molecule has 96 valence electrons. The molecule has 1 unspecified atom stereocenters. The van der Waals surface area contributed by atoms with Gasteiger partial charge in [0.25, 0.3) is 10.2 Å². The van der Waals surface area contributed by atoms with Gasteiger partial charge in [0, 0.05) is 11.6 Å². The molecule has 0 radical (unpaired) electrons. The van der Waals surface area contributed by atoms with E-state index in [4.69, 9.17) is 16.7 Å². The van der Waals surface area contributed by atoms with E-state index in [1.54, 1.807) is 24.3 Å². The molecule has 0 aliphatic heterocycles. The van der Waals surface area contributed by atoms with Crippen LogP contribution in [0.5, 0.6) is 0 Å². The number of hydrogen-bond acceptors (Lipinski definition) is 3. The minimum Gasteiger partial charge on any atom is -0.388 e. The van der Waals surface area contributed by atoms with Crippen LogP contribution in [0.4, 0.5) is 0 Å². The van der Waals surface area contributed by atoms with Gasteiger partial charge in [-0.3, -0.25) is 0 Å². The van der Waals surface area contributed by atoms with Gasteiger partial charge < -0.3 is 5.11 Å². The average molecular weight is 279 g/mol. The lowest BCUT2D eigenvalue weighted by atomic mass is 10.1. The fraction of sp³-hybridized carbons (Fsp3) is 0.400. The Morgan fingerprint density at radius 2 is 2.06 bits per heavy atom. The van der Waals surface area contributed by atoms with Crippen molar-refractivity contribution in [1.29, 1.82) is 0 Å². The minimum absolute atomic E-state index is 0.195. The van der Waals surface area contributed by atoms with Crippen LogP contribution in [0.1, 0.15) is 24.5 Å². The summed E-state index contributed by atoms with van der Waals surface area (Å²) in [6, 6.07) is 7.00. The molecule has 0 fully saturated rings. The third kappa shape index (κ3) is 5.47. The molecule has 4 N–H and O–H groups in total. The molecule has 0 saturated carbocycles. The Hall–Kier alpha value is -0.660. The fourth-order valence-electron chi connectivity index (χ4n) is 1.41. The predicted octanol–water partition coefficient (Wildman–Crippen LogP) is 0.947. The Bertz CT molecular complexity index is 464. The normalized spacial score (nSPS) is 13.6. The van der Waals surface area contributed by atoms with Gasteiger partial charge in [-0.05, 0) is 24.5 Å². The van der Waals surface area contributed by atoms with E-state index < -0.39 is 16.3 Å². The number of nitrogens with one attached hydrogen (secondary N) is 1. The maximum atomic E-state index is 10.6. The van der Waals surface area contributed by atoms with Crippen LogP contribution < -0.4 is 9.86 Å². The third-order valence-electron chi connectivity index (χ3n) is 2.22. The Balaban J connectivity index is 2.41. The van der Waals surface area contributed by atoms with Crippen molar-refractivity contribution in [2.75, 3.05) is 6.54 Å². The summed E-state index contributed by atoms with van der Waals surface area (Å²) in [6.45, 7) is 0.195. The lowest BCUT2D eigenvalue weighted by Crippen LogP contribution is -2.31. The van der Waals surface area contributed by atoms with Crippen molar-refractivity contribution in [3.8, 4) is 0 Å². The molecule has 0 spiro atoms. The van der Waals surface area contributed by atoms with Gasteiger partial charge in [0.05, 0.1) is 6.10 Å². The molecule has 0 heterocycles. The van der Waals surface area contributed by atoms with Gasteiger partial charge in [-0.1, -0.05) is 29.8 Å². The minimum atomic E-state index is -3.65. The molecular formula is C10H15ClN2O3S. The molecule has 0 bridgehead atoms. The zero-order chi connectivity index (χ0) is 12.9. The molecule has 0 aromatic heterocycles. The third-order valence-corrected chi connectivity index (χ3v) is 3.17. The van der Waals surface area contributed by atoms with Crippen molar-refractivity contribution in [3.05, 3.63) is 34.9 Å². The van der Waals surface area contributed by atoms with Crippen LogP contribution >= 0.6 is 11.6 Å². The first-order chi connectivity index (χ1) is 7.90. The first-order valence-electron chi connectivity index (χ1n) is 5.10. The molecular weight excluding hydrogens is 264 g/mol. The van der Waals surface area contributed by atoms with E-state index in [1.165, 1.54) is 0 Å². The van der Waals surface area contributed by atoms with E-state index in [1.807, 2.05) is 0 Å². The monoisotopic (exact) mass is 278 g/mol. The first-order valence-corrected chi connectivity index (χ1v) is 7.02. The number of nitrogens with two attached hydrogens (primary N) is 1. The van der Waals surface area contributed by atoms with Crippen molar-refractivity contribution in [2.45, 2.75) is 18.9 Å². The Morgan fingerprint density at radius 3 is 2.65 bits per heavy atom. The molecule has 0 saturated heterocycles. The van der Waals surface area contributed by atoms with Crippen molar-refractivity contribution in [2.24, 2.45) is 5.14 Å². The highest BCUT2D eigenvalue weighted by Crippen LogP contribution is 2.25. The topological polar surface area (TPSA) is 92.4 Å². The van der Waals surface area contributed by atoms with Crippen LogP contribution in [0, 0.1) is 0 Å². The molecule has 0 aliphatic rings. The highest BCUT2D eigenvalue weighted by atomic mass is 35.5. The standard InChI is InChI=1S/C10H15ClN2O3S/c11-9-5-2-1-4-8(9)10(14)6-3-7-13-17(12,15)16/h1-2,4-5,10,13-14H,3,6-7H2,(H2,12,15,16). The van der Waals surface area contributed by atoms with Crippen LogP contribution in [-0.2, 0) is 10.2 Å². The van der Waals surface area contributed by atoms with Crippen LogP contribution in [0.3, 0.4) is 0 Å². The second-order valence-corrected chi connectivity index (χ2v) is 5.40. The molecule has 1 rings (SSSR count). The van der Waals surface area contributed by atoms with Gasteiger partial charge in [0.1, 0.15) is 0 Å². The largest absolute Gasteiger partial charge is 0.388 e. The number of benzene rings is 1. The Labute approximate surface area is 106 Å². The summed E-state index contributed by atoms with van der Waals surface area (Å²) in [5.41, 5.74) is 0.643. The van der Waals surface area contributed by atoms with Crippen LogP contribution in [0.25, 0.3) is 0 Å². The summed E-state index contributed by atoms with van der Waals surface area (Å²) in [4.78, 5) is 0. The highest BCUT2D eigenvalue weighted by Gasteiger charge is 2.10. The summed E-state index contributed by atoms with van der Waals surface area (Å²) >= 11 is 5.91. The summed E-state index contributed by atoms with van der Waals surface area (Å²) in [7, 11) is -3.65. The predicted molar refractivity (Wildman–Crippen MR) is 66.8 cm³/mol. The van der Waals surface area contributed by atoms with E-state index in [0.717, 1.165) is 0 Å². The van der Waals surface area contributed by atoms with Crippen LogP contribution in [-0.4, -0.2) is 20.1 Å². The molecule has 0 aliphatic carbocycles. The maximum Gasteiger partial charge on any atom is 0.274 e. The van der Waals surface area contributed by atoms with Gasteiger partial charge in [-0.25, -0.2) is 9.86 Å². The van der Waals surface area contributed by atoms with E-state index >= 15 is 0 Å². The number of rotatable bonds is 6. The SMILES string of the molecule is NS(=O)(=O)NCCCC(O)c1ccccc1Cl. The Morgan fingerprint density at radius 1 is 1.41 bits per heavy atom. The molecule has 5 nitrogen and oxygen atoms in total. The molecule has 0 amide bonds. The van der Waals surface area contributed by atoms with Crippen LogP contribution in [0.15, 0.2) is 24.3 Å². The van der Waals surface area contributed by atoms with Crippen molar-refractivity contribution >= 4 is 21.8 Å². The van der Waals surface area contributed by atoms with Gasteiger partial charge in [-0.15, -0.1) is 0 Å². The summed E-state index contributed by atoms with van der Waals surface area (Å²) in [5.74, 6) is 0. The van der Waals surface area contributed by atoms with Gasteiger partial charge in [0.2, 0.25) is 0 Å². The van der Waals surface area contributed by atoms with Crippen molar-refractivity contribution in [3.63, 3.8) is 0 Å². The van der Waals surface area contributed by atoms with E-state index in [9.17, 15) is 13.5 Å². The lowest BCUT2D eigenvalue weighted by Gasteiger charge is -2.12. The van der Waals surface area contributed by atoms with Gasteiger partial charge in [-0.2, -0.15) is 8.42 Å². The number of halogens is 1. The number of aliphatic hydroxyl groups excluding tert-OH is 1. The zero-order valence-corrected chi connectivity index (χ0v) is 10.7. The van der Waals surface area contributed by atoms with Crippen molar-refractivity contribution < 1.29 is 13.5 Å². The second kappa shape index (κ2) is 6.32. The fourth-order valence-corrected chi connectivity index (χ4v) is 2.10. The van der Waals surface area contributed by atoms with E-state index in [-0.39, 0.29) is 6.54 Å². The number of aliphatic hydroxyl groups is 1. The maximum absolute atomic E-state index is 10.6. The smallest absolute Gasteiger partial charge is 0.274 e. The van der Waals surface area contributed by atoms with E-state index in [2.05, 4.69) is 4.72 Å². The van der Waals surface area contributed by atoms with Crippen LogP contribution in [0.2, 0.25) is 5.02 Å². The molecule has 17 heavy (non-hydrogen) atoms. The lowest BCUT2D eigenvalue weighted by molar-refractivity contribution is 0.165. The summed E-state index contributed by atoms with van der Waals surface area (Å²) in [6.07, 6.45) is 0.181. The average Bonchev–Trinajstić information content (AvgIpc) is 2.23. The van der Waals surface area contributed by atoms with Gasteiger partial charge in [0.15, 0.2) is 0 Å². The van der Waals surface area contributed by atoms with Crippen molar-refractivity contribution in [1.82, 2.24) is 4.72 Å². The quantitative estimate of drug-likeness (QED) is 0.676.